The topological polar surface area (TPSA) is 119 Å². The molecule has 2 atom stereocenters. The van der Waals surface area contributed by atoms with Gasteiger partial charge in [-0.25, -0.2) is 15.0 Å². The Balaban J connectivity index is 1.10. The van der Waals surface area contributed by atoms with Gasteiger partial charge in [-0.05, 0) is 62.6 Å². The summed E-state index contributed by atoms with van der Waals surface area (Å²) in [5.41, 5.74) is 2.48. The van der Waals surface area contributed by atoms with Crippen LogP contribution in [-0.2, 0) is 27.1 Å². The first-order valence-corrected chi connectivity index (χ1v) is 13.8. The van der Waals surface area contributed by atoms with E-state index in [1.165, 1.54) is 24.0 Å². The normalized spacial score (nSPS) is 21.2. The predicted molar refractivity (Wildman–Crippen MR) is 141 cm³/mol. The number of carboxylic acids is 1. The second-order valence-corrected chi connectivity index (χ2v) is 10.8. The molecular formula is C28H39N5O5. The standard InChI is InChI=1S/C28H39N5O5/c1-36-28(16-37-17-28)18-38-26-23(14-29-19-31-26)24(27(34)35)33-13-11-20(15-33)6-3-2-4-8-22-10-9-21-7-5-12-30-25(21)32-22/h9-10,14,19-20,24H,2-8,11-13,15-18H2,1H3,(H,30,32)(H,34,35). The molecule has 0 saturated carbocycles. The minimum Gasteiger partial charge on any atom is -0.480 e. The number of anilines is 1. The molecule has 2 N–H and O–H groups in total. The van der Waals surface area contributed by atoms with Crippen LogP contribution < -0.4 is 10.1 Å². The van der Waals surface area contributed by atoms with Gasteiger partial charge in [-0.15, -0.1) is 0 Å². The number of rotatable bonds is 13. The zero-order valence-corrected chi connectivity index (χ0v) is 22.2. The maximum Gasteiger partial charge on any atom is 0.325 e. The van der Waals surface area contributed by atoms with Crippen molar-refractivity contribution in [2.24, 2.45) is 5.92 Å². The van der Waals surface area contributed by atoms with Crippen molar-refractivity contribution in [3.8, 4) is 5.88 Å². The van der Waals surface area contributed by atoms with E-state index < -0.39 is 17.6 Å². The van der Waals surface area contributed by atoms with Gasteiger partial charge in [0.25, 0.3) is 0 Å². The summed E-state index contributed by atoms with van der Waals surface area (Å²) in [5, 5.41) is 13.6. The third-order valence-electron chi connectivity index (χ3n) is 8.05. The van der Waals surface area contributed by atoms with Gasteiger partial charge in [0.15, 0.2) is 0 Å². The molecule has 5 rings (SSSR count). The highest BCUT2D eigenvalue weighted by Crippen LogP contribution is 2.34. The van der Waals surface area contributed by atoms with Gasteiger partial charge in [0.05, 0.1) is 18.8 Å². The van der Waals surface area contributed by atoms with E-state index in [0.717, 1.165) is 70.4 Å². The van der Waals surface area contributed by atoms with E-state index in [1.54, 1.807) is 13.3 Å². The Morgan fingerprint density at radius 1 is 1.32 bits per heavy atom. The highest BCUT2D eigenvalue weighted by molar-refractivity contribution is 5.76. The second kappa shape index (κ2) is 12.4. The lowest BCUT2D eigenvalue weighted by Gasteiger charge is -2.39. The summed E-state index contributed by atoms with van der Waals surface area (Å²) < 4.78 is 16.8. The summed E-state index contributed by atoms with van der Waals surface area (Å²) in [7, 11) is 1.62. The highest BCUT2D eigenvalue weighted by atomic mass is 16.6. The number of fused-ring (bicyclic) bond motifs is 1. The lowest BCUT2D eigenvalue weighted by atomic mass is 9.99. The van der Waals surface area contributed by atoms with E-state index in [4.69, 9.17) is 19.2 Å². The van der Waals surface area contributed by atoms with E-state index in [2.05, 4.69) is 27.4 Å². The van der Waals surface area contributed by atoms with Crippen molar-refractivity contribution in [1.29, 1.82) is 0 Å². The summed E-state index contributed by atoms with van der Waals surface area (Å²) in [4.78, 5) is 27.6. The molecular weight excluding hydrogens is 486 g/mol. The van der Waals surface area contributed by atoms with Crippen LogP contribution in [0, 0.1) is 5.92 Å². The molecule has 206 valence electrons. The summed E-state index contributed by atoms with van der Waals surface area (Å²) in [6.07, 6.45) is 11.8. The number of aliphatic carboxylic acids is 1. The number of unbranched alkanes of at least 4 members (excludes halogenated alkanes) is 2. The molecule has 5 heterocycles. The number of methoxy groups -OCH3 is 1. The molecule has 0 aromatic carbocycles. The van der Waals surface area contributed by atoms with Crippen LogP contribution in [0.4, 0.5) is 5.82 Å². The van der Waals surface area contributed by atoms with Crippen LogP contribution in [0.3, 0.4) is 0 Å². The van der Waals surface area contributed by atoms with Crippen LogP contribution >= 0.6 is 0 Å². The third-order valence-corrected chi connectivity index (χ3v) is 8.05. The molecule has 0 bridgehead atoms. The number of nitrogens with zero attached hydrogens (tertiary/aromatic N) is 4. The molecule has 0 amide bonds. The van der Waals surface area contributed by atoms with Gasteiger partial charge in [0.2, 0.25) is 5.88 Å². The number of carboxylic acid groups (broad SMARTS) is 1. The third kappa shape index (κ3) is 6.24. The molecule has 2 fully saturated rings. The molecule has 0 radical (unpaired) electrons. The Labute approximate surface area is 224 Å². The van der Waals surface area contributed by atoms with Crippen LogP contribution in [-0.4, -0.2) is 83.1 Å². The first kappa shape index (κ1) is 26.8. The number of aryl methyl sites for hydroxylation is 2. The summed E-state index contributed by atoms with van der Waals surface area (Å²) in [5.74, 6) is 0.942. The van der Waals surface area contributed by atoms with Crippen molar-refractivity contribution in [2.75, 3.05) is 51.9 Å². The fourth-order valence-corrected chi connectivity index (χ4v) is 5.67. The van der Waals surface area contributed by atoms with E-state index in [9.17, 15) is 9.90 Å². The van der Waals surface area contributed by atoms with Crippen molar-refractivity contribution in [1.82, 2.24) is 19.9 Å². The largest absolute Gasteiger partial charge is 0.480 e. The molecule has 2 saturated heterocycles. The average Bonchev–Trinajstić information content (AvgIpc) is 3.37. The zero-order valence-electron chi connectivity index (χ0n) is 22.2. The summed E-state index contributed by atoms with van der Waals surface area (Å²) >= 11 is 0. The van der Waals surface area contributed by atoms with Crippen LogP contribution in [0.1, 0.15) is 61.4 Å². The van der Waals surface area contributed by atoms with E-state index >= 15 is 0 Å². The number of hydrogen-bond acceptors (Lipinski definition) is 9. The molecule has 2 unspecified atom stereocenters. The molecule has 10 nitrogen and oxygen atoms in total. The summed E-state index contributed by atoms with van der Waals surface area (Å²) in [6.45, 7) is 3.64. The van der Waals surface area contributed by atoms with E-state index in [-0.39, 0.29) is 6.61 Å². The molecule has 3 aliphatic heterocycles. The average molecular weight is 526 g/mol. The first-order valence-electron chi connectivity index (χ1n) is 13.8. The van der Waals surface area contributed by atoms with Crippen molar-refractivity contribution in [2.45, 2.75) is 63.0 Å². The highest BCUT2D eigenvalue weighted by Gasteiger charge is 2.41. The molecule has 3 aliphatic rings. The van der Waals surface area contributed by atoms with Crippen molar-refractivity contribution >= 4 is 11.8 Å². The number of pyridine rings is 1. The van der Waals surface area contributed by atoms with Crippen molar-refractivity contribution < 1.29 is 24.1 Å². The Kier molecular flexibility index (Phi) is 8.71. The number of carbonyl (C=O) groups is 1. The molecule has 10 heteroatoms. The number of ether oxygens (including phenoxy) is 3. The number of hydrogen-bond donors (Lipinski definition) is 2. The molecule has 38 heavy (non-hydrogen) atoms. The van der Waals surface area contributed by atoms with Crippen molar-refractivity contribution in [3.63, 3.8) is 0 Å². The Morgan fingerprint density at radius 3 is 3.00 bits per heavy atom. The Hall–Kier alpha value is -2.82. The summed E-state index contributed by atoms with van der Waals surface area (Å²) in [6, 6.07) is 3.56. The SMILES string of the molecule is COC1(COc2ncncc2C(C(=O)O)N2CCC(CCCCCc3ccc4c(n3)NCCC4)C2)COC1. The van der Waals surface area contributed by atoms with E-state index in [0.29, 0.717) is 30.6 Å². The Bertz CT molecular complexity index is 1090. The number of likely N-dealkylation sites (tertiary alicyclic amines) is 1. The predicted octanol–water partition coefficient (Wildman–Crippen LogP) is 3.27. The van der Waals surface area contributed by atoms with Gasteiger partial charge in [0, 0.05) is 32.1 Å². The monoisotopic (exact) mass is 525 g/mol. The van der Waals surface area contributed by atoms with Crippen LogP contribution in [0.2, 0.25) is 0 Å². The fraction of sp³-hybridized carbons (Fsp3) is 0.643. The number of aromatic nitrogens is 3. The van der Waals surface area contributed by atoms with Crippen LogP contribution in [0.25, 0.3) is 0 Å². The van der Waals surface area contributed by atoms with Gasteiger partial charge < -0.3 is 24.6 Å². The quantitative estimate of drug-likeness (QED) is 0.377. The lowest BCUT2D eigenvalue weighted by Crippen LogP contribution is -2.55. The minimum atomic E-state index is -0.911. The zero-order chi connectivity index (χ0) is 26.4. The van der Waals surface area contributed by atoms with Crippen LogP contribution in [0.5, 0.6) is 5.88 Å². The molecule has 0 aliphatic carbocycles. The number of nitrogens with one attached hydrogen (secondary N) is 1. The first-order chi connectivity index (χ1) is 18.6. The smallest absolute Gasteiger partial charge is 0.325 e. The van der Waals surface area contributed by atoms with E-state index in [1.807, 2.05) is 4.90 Å². The minimum absolute atomic E-state index is 0.250. The van der Waals surface area contributed by atoms with Gasteiger partial charge in [-0.1, -0.05) is 18.9 Å². The fourth-order valence-electron chi connectivity index (χ4n) is 5.67. The Morgan fingerprint density at radius 2 is 2.21 bits per heavy atom. The second-order valence-electron chi connectivity index (χ2n) is 10.8. The van der Waals surface area contributed by atoms with Gasteiger partial charge in [-0.2, -0.15) is 0 Å². The van der Waals surface area contributed by atoms with Gasteiger partial charge >= 0.3 is 5.97 Å². The molecule has 2 aromatic heterocycles. The maximum atomic E-state index is 12.4. The maximum absolute atomic E-state index is 12.4. The molecule has 0 spiro atoms. The van der Waals surface area contributed by atoms with Crippen LogP contribution in [0.15, 0.2) is 24.7 Å². The lowest BCUT2D eigenvalue weighted by molar-refractivity contribution is -0.209. The van der Waals surface area contributed by atoms with Gasteiger partial charge in [-0.3, -0.25) is 9.69 Å². The van der Waals surface area contributed by atoms with Crippen molar-refractivity contribution in [3.05, 3.63) is 41.5 Å². The molecule has 2 aromatic rings. The van der Waals surface area contributed by atoms with Gasteiger partial charge in [0.1, 0.15) is 30.4 Å².